The van der Waals surface area contributed by atoms with Crippen molar-refractivity contribution < 1.29 is 4.74 Å². The number of benzene rings is 1. The predicted molar refractivity (Wildman–Crippen MR) is 87.9 cm³/mol. The molecule has 1 atom stereocenters. The van der Waals surface area contributed by atoms with Crippen molar-refractivity contribution in [1.82, 2.24) is 0 Å². The lowest BCUT2D eigenvalue weighted by molar-refractivity contribution is 0.242. The topological polar surface area (TPSA) is 21.3 Å². The summed E-state index contributed by atoms with van der Waals surface area (Å²) >= 11 is 1.88. The van der Waals surface area contributed by atoms with Crippen LogP contribution in [0.15, 0.2) is 36.4 Å². The summed E-state index contributed by atoms with van der Waals surface area (Å²) in [5.41, 5.74) is 1.13. The molecule has 1 heterocycles. The van der Waals surface area contributed by atoms with Gasteiger partial charge in [-0.2, -0.15) is 0 Å². The molecule has 0 amide bonds. The fourth-order valence-electron chi connectivity index (χ4n) is 2.04. The van der Waals surface area contributed by atoms with Gasteiger partial charge in [-0.15, -0.1) is 11.3 Å². The first-order chi connectivity index (χ1) is 9.58. The lowest BCUT2D eigenvalue weighted by atomic mass is 10.2. The van der Waals surface area contributed by atoms with Crippen LogP contribution in [0.25, 0.3) is 0 Å². The van der Waals surface area contributed by atoms with Crippen molar-refractivity contribution in [3.05, 3.63) is 46.2 Å². The van der Waals surface area contributed by atoms with Gasteiger partial charge >= 0.3 is 0 Å². The normalized spacial score (nSPS) is 12.4. The van der Waals surface area contributed by atoms with Gasteiger partial charge in [0.1, 0.15) is 5.75 Å². The van der Waals surface area contributed by atoms with Crippen LogP contribution in [0.2, 0.25) is 0 Å². The average molecular weight is 289 g/mol. The summed E-state index contributed by atoms with van der Waals surface area (Å²) in [6, 6.07) is 12.9. The Morgan fingerprint density at radius 2 is 1.75 bits per heavy atom. The van der Waals surface area contributed by atoms with Gasteiger partial charge < -0.3 is 10.1 Å². The highest BCUT2D eigenvalue weighted by Crippen LogP contribution is 2.27. The zero-order valence-electron chi connectivity index (χ0n) is 12.6. The Morgan fingerprint density at radius 1 is 1.05 bits per heavy atom. The molecule has 1 aromatic carbocycles. The molecule has 1 N–H and O–H groups in total. The van der Waals surface area contributed by atoms with Crippen molar-refractivity contribution in [1.29, 1.82) is 0 Å². The minimum atomic E-state index is 0.214. The van der Waals surface area contributed by atoms with E-state index in [1.165, 1.54) is 9.75 Å². The van der Waals surface area contributed by atoms with Crippen LogP contribution in [-0.2, 0) is 6.42 Å². The van der Waals surface area contributed by atoms with Crippen LogP contribution in [0, 0.1) is 0 Å². The number of hydrogen-bond acceptors (Lipinski definition) is 3. The maximum absolute atomic E-state index is 5.65. The molecule has 3 heteroatoms. The number of ether oxygens (including phenoxy) is 1. The molecule has 0 aliphatic carbocycles. The second-order valence-corrected chi connectivity index (χ2v) is 6.41. The molecule has 0 aliphatic heterocycles. The first kappa shape index (κ1) is 14.9. The van der Waals surface area contributed by atoms with Crippen molar-refractivity contribution in [2.75, 3.05) is 5.32 Å². The van der Waals surface area contributed by atoms with E-state index in [4.69, 9.17) is 4.74 Å². The maximum atomic E-state index is 5.65. The summed E-state index contributed by atoms with van der Waals surface area (Å²) in [6.07, 6.45) is 1.32. The summed E-state index contributed by atoms with van der Waals surface area (Å²) in [7, 11) is 0. The standard InChI is InChI=1S/C17H23NOS/c1-5-16-10-11-17(20-16)13(4)18-14-6-8-15(9-7-14)19-12(2)3/h6-13,18H,5H2,1-4H3. The van der Waals surface area contributed by atoms with Gasteiger partial charge in [-0.1, -0.05) is 6.92 Å². The zero-order valence-corrected chi connectivity index (χ0v) is 13.5. The average Bonchev–Trinajstić information content (AvgIpc) is 2.89. The molecule has 0 saturated carbocycles. The lowest BCUT2D eigenvalue weighted by Gasteiger charge is -2.15. The molecule has 0 spiro atoms. The van der Waals surface area contributed by atoms with Gasteiger partial charge in [0.05, 0.1) is 12.1 Å². The fourth-order valence-corrected chi connectivity index (χ4v) is 3.00. The summed E-state index contributed by atoms with van der Waals surface area (Å²) in [6.45, 7) is 8.47. The first-order valence-corrected chi connectivity index (χ1v) is 8.02. The molecule has 0 bridgehead atoms. The number of rotatable bonds is 6. The largest absolute Gasteiger partial charge is 0.491 e. The van der Waals surface area contributed by atoms with Gasteiger partial charge in [-0.25, -0.2) is 0 Å². The van der Waals surface area contributed by atoms with Gasteiger partial charge in [0.2, 0.25) is 0 Å². The molecular formula is C17H23NOS. The molecule has 108 valence electrons. The molecule has 0 aliphatic rings. The van der Waals surface area contributed by atoms with E-state index in [9.17, 15) is 0 Å². The second kappa shape index (κ2) is 6.80. The molecule has 0 fully saturated rings. The highest BCUT2D eigenvalue weighted by Gasteiger charge is 2.08. The Kier molecular flexibility index (Phi) is 5.07. The van der Waals surface area contributed by atoms with Crippen LogP contribution < -0.4 is 10.1 Å². The first-order valence-electron chi connectivity index (χ1n) is 7.20. The number of nitrogens with one attached hydrogen (secondary N) is 1. The van der Waals surface area contributed by atoms with Gasteiger partial charge in [0, 0.05) is 15.4 Å². The predicted octanol–water partition coefficient (Wildman–Crippen LogP) is 5.27. The van der Waals surface area contributed by atoms with Crippen molar-refractivity contribution in [3.63, 3.8) is 0 Å². The molecule has 2 nitrogen and oxygen atoms in total. The van der Waals surface area contributed by atoms with Gasteiger partial charge in [0.25, 0.3) is 0 Å². The minimum absolute atomic E-state index is 0.214. The van der Waals surface area contributed by atoms with Gasteiger partial charge in [0.15, 0.2) is 0 Å². The van der Waals surface area contributed by atoms with Crippen molar-refractivity contribution >= 4 is 17.0 Å². The van der Waals surface area contributed by atoms with Gasteiger partial charge in [-0.3, -0.25) is 0 Å². The van der Waals surface area contributed by atoms with Gasteiger partial charge in [-0.05, 0) is 63.6 Å². The number of aryl methyl sites for hydroxylation is 1. The molecular weight excluding hydrogens is 266 g/mol. The van der Waals surface area contributed by atoms with E-state index in [-0.39, 0.29) is 6.10 Å². The van der Waals surface area contributed by atoms with Crippen LogP contribution in [0.3, 0.4) is 0 Å². The quantitative estimate of drug-likeness (QED) is 0.782. The Morgan fingerprint density at radius 3 is 2.30 bits per heavy atom. The maximum Gasteiger partial charge on any atom is 0.119 e. The van der Waals surface area contributed by atoms with Crippen molar-refractivity contribution in [2.45, 2.75) is 46.3 Å². The molecule has 1 unspecified atom stereocenters. The SMILES string of the molecule is CCc1ccc(C(C)Nc2ccc(OC(C)C)cc2)s1. The fraction of sp³-hybridized carbons (Fsp3) is 0.412. The molecule has 0 saturated heterocycles. The summed E-state index contributed by atoms with van der Waals surface area (Å²) in [4.78, 5) is 2.82. The van der Waals surface area contributed by atoms with Crippen LogP contribution in [-0.4, -0.2) is 6.10 Å². The van der Waals surface area contributed by atoms with Crippen LogP contribution in [0.5, 0.6) is 5.75 Å². The van der Waals surface area contributed by atoms with Crippen LogP contribution in [0.4, 0.5) is 5.69 Å². The minimum Gasteiger partial charge on any atom is -0.491 e. The van der Waals surface area contributed by atoms with E-state index in [1.807, 2.05) is 37.3 Å². The third-order valence-electron chi connectivity index (χ3n) is 3.07. The highest BCUT2D eigenvalue weighted by molar-refractivity contribution is 7.12. The van der Waals surface area contributed by atoms with E-state index in [2.05, 4.69) is 43.4 Å². The Balaban J connectivity index is 1.98. The summed E-state index contributed by atoms with van der Waals surface area (Å²) in [5, 5.41) is 3.53. The molecule has 20 heavy (non-hydrogen) atoms. The third-order valence-corrected chi connectivity index (χ3v) is 4.48. The third kappa shape index (κ3) is 4.01. The number of hydrogen-bond donors (Lipinski definition) is 1. The lowest BCUT2D eigenvalue weighted by Crippen LogP contribution is -2.06. The van der Waals surface area contributed by atoms with Crippen molar-refractivity contribution in [3.8, 4) is 5.75 Å². The second-order valence-electron chi connectivity index (χ2n) is 5.21. The van der Waals surface area contributed by atoms with Crippen molar-refractivity contribution in [2.24, 2.45) is 0 Å². The summed E-state index contributed by atoms with van der Waals surface area (Å²) in [5.74, 6) is 0.919. The molecule has 2 aromatic rings. The molecule has 1 aromatic heterocycles. The van der Waals surface area contributed by atoms with E-state index in [1.54, 1.807) is 0 Å². The van der Waals surface area contributed by atoms with Crippen LogP contribution >= 0.6 is 11.3 Å². The number of anilines is 1. The monoisotopic (exact) mass is 289 g/mol. The van der Waals surface area contributed by atoms with E-state index in [0.717, 1.165) is 17.9 Å². The Bertz CT molecular complexity index is 530. The number of thiophene rings is 1. The van der Waals surface area contributed by atoms with E-state index in [0.29, 0.717) is 6.04 Å². The van der Waals surface area contributed by atoms with E-state index >= 15 is 0 Å². The van der Waals surface area contributed by atoms with Crippen LogP contribution in [0.1, 0.15) is 43.5 Å². The highest BCUT2D eigenvalue weighted by atomic mass is 32.1. The zero-order chi connectivity index (χ0) is 14.5. The smallest absolute Gasteiger partial charge is 0.119 e. The molecule has 2 rings (SSSR count). The molecule has 0 radical (unpaired) electrons. The Hall–Kier alpha value is -1.48. The van der Waals surface area contributed by atoms with E-state index < -0.39 is 0 Å². The Labute approximate surface area is 125 Å². The summed E-state index contributed by atoms with van der Waals surface area (Å²) < 4.78 is 5.65.